The number of carbonyl (C=O) groups excluding carboxylic acids is 2. The van der Waals surface area contributed by atoms with Crippen LogP contribution in [0.2, 0.25) is 0 Å². The van der Waals surface area contributed by atoms with E-state index in [1.54, 1.807) is 43.3 Å². The van der Waals surface area contributed by atoms with Crippen molar-refractivity contribution in [1.29, 1.82) is 0 Å². The Morgan fingerprint density at radius 1 is 1.08 bits per heavy atom. The molecule has 0 aliphatic heterocycles. The first-order valence-corrected chi connectivity index (χ1v) is 7.88. The standard InChI is InChI=1S/C18H13BrO5/c1-10-16(18(21)22-2)12-8-15(13(19)9-14(12)23-10)24-17(20)11-6-4-3-5-7-11/h3-9H,1-2H3. The monoisotopic (exact) mass is 388 g/mol. The maximum absolute atomic E-state index is 12.2. The third-order valence-electron chi connectivity index (χ3n) is 3.52. The molecule has 0 spiro atoms. The minimum Gasteiger partial charge on any atom is -0.465 e. The maximum atomic E-state index is 12.2. The fourth-order valence-corrected chi connectivity index (χ4v) is 2.79. The minimum absolute atomic E-state index is 0.294. The van der Waals surface area contributed by atoms with Crippen LogP contribution in [0.3, 0.4) is 0 Å². The summed E-state index contributed by atoms with van der Waals surface area (Å²) >= 11 is 3.35. The number of furan rings is 1. The number of esters is 2. The van der Waals surface area contributed by atoms with Gasteiger partial charge in [0, 0.05) is 5.39 Å². The van der Waals surface area contributed by atoms with E-state index in [2.05, 4.69) is 15.9 Å². The van der Waals surface area contributed by atoms with E-state index >= 15 is 0 Å². The number of aryl methyl sites for hydroxylation is 1. The third kappa shape index (κ3) is 2.92. The normalized spacial score (nSPS) is 10.6. The molecule has 3 rings (SSSR count). The van der Waals surface area contributed by atoms with Gasteiger partial charge in [0.1, 0.15) is 22.7 Å². The maximum Gasteiger partial charge on any atom is 0.343 e. The van der Waals surface area contributed by atoms with Gasteiger partial charge < -0.3 is 13.9 Å². The van der Waals surface area contributed by atoms with Gasteiger partial charge in [-0.1, -0.05) is 18.2 Å². The van der Waals surface area contributed by atoms with Gasteiger partial charge in [0.2, 0.25) is 0 Å². The molecule has 0 saturated heterocycles. The highest BCUT2D eigenvalue weighted by Gasteiger charge is 2.21. The number of rotatable bonds is 3. The van der Waals surface area contributed by atoms with Crippen LogP contribution in [-0.2, 0) is 4.74 Å². The predicted octanol–water partition coefficient (Wildman–Crippen LogP) is 4.51. The van der Waals surface area contributed by atoms with Crippen molar-refractivity contribution in [2.75, 3.05) is 7.11 Å². The molecule has 1 heterocycles. The van der Waals surface area contributed by atoms with Crippen LogP contribution in [0.15, 0.2) is 51.4 Å². The molecule has 0 N–H and O–H groups in total. The summed E-state index contributed by atoms with van der Waals surface area (Å²) in [7, 11) is 1.30. The van der Waals surface area contributed by atoms with Crippen molar-refractivity contribution in [3.63, 3.8) is 0 Å². The number of benzene rings is 2. The van der Waals surface area contributed by atoms with Crippen molar-refractivity contribution >= 4 is 38.8 Å². The molecule has 24 heavy (non-hydrogen) atoms. The second kappa shape index (κ2) is 6.49. The molecular formula is C18H13BrO5. The Morgan fingerprint density at radius 2 is 1.79 bits per heavy atom. The van der Waals surface area contributed by atoms with Gasteiger partial charge in [0.15, 0.2) is 0 Å². The fourth-order valence-electron chi connectivity index (χ4n) is 2.39. The van der Waals surface area contributed by atoms with E-state index in [9.17, 15) is 9.59 Å². The highest BCUT2D eigenvalue weighted by atomic mass is 79.9. The Labute approximate surface area is 146 Å². The number of carbonyl (C=O) groups is 2. The van der Waals surface area contributed by atoms with Crippen LogP contribution in [0.5, 0.6) is 5.75 Å². The average molecular weight is 389 g/mol. The first-order chi connectivity index (χ1) is 11.5. The number of halogens is 1. The zero-order chi connectivity index (χ0) is 17.3. The zero-order valence-corrected chi connectivity index (χ0v) is 14.5. The summed E-state index contributed by atoms with van der Waals surface area (Å²) in [5, 5.41) is 0.526. The summed E-state index contributed by atoms with van der Waals surface area (Å²) < 4.78 is 16.3. The molecule has 0 unspecified atom stereocenters. The van der Waals surface area contributed by atoms with Crippen molar-refractivity contribution in [2.24, 2.45) is 0 Å². The number of methoxy groups -OCH3 is 1. The van der Waals surface area contributed by atoms with Crippen molar-refractivity contribution in [3.05, 3.63) is 63.8 Å². The molecule has 0 aliphatic carbocycles. The van der Waals surface area contributed by atoms with Gasteiger partial charge in [0.05, 0.1) is 17.1 Å². The summed E-state index contributed by atoms with van der Waals surface area (Å²) in [6.07, 6.45) is 0. The zero-order valence-electron chi connectivity index (χ0n) is 13.0. The van der Waals surface area contributed by atoms with Crippen LogP contribution in [-0.4, -0.2) is 19.0 Å². The minimum atomic E-state index is -0.506. The van der Waals surface area contributed by atoms with Crippen LogP contribution in [0.25, 0.3) is 11.0 Å². The van der Waals surface area contributed by atoms with Gasteiger partial charge >= 0.3 is 11.9 Å². The summed E-state index contributed by atoms with van der Waals surface area (Å²) in [5.74, 6) is -0.262. The second-order valence-corrected chi connectivity index (χ2v) is 5.91. The first-order valence-electron chi connectivity index (χ1n) is 7.09. The summed E-state index contributed by atoms with van der Waals surface area (Å²) in [6, 6.07) is 11.9. The summed E-state index contributed by atoms with van der Waals surface area (Å²) in [5.41, 5.74) is 1.25. The summed E-state index contributed by atoms with van der Waals surface area (Å²) in [6.45, 7) is 1.68. The lowest BCUT2D eigenvalue weighted by Gasteiger charge is -2.07. The molecule has 0 amide bonds. The third-order valence-corrected chi connectivity index (χ3v) is 4.14. The van der Waals surface area contributed by atoms with E-state index < -0.39 is 11.9 Å². The lowest BCUT2D eigenvalue weighted by atomic mass is 10.1. The Bertz CT molecular complexity index is 927. The fraction of sp³-hybridized carbons (Fsp3) is 0.111. The van der Waals surface area contributed by atoms with E-state index in [1.165, 1.54) is 7.11 Å². The van der Waals surface area contributed by atoms with E-state index in [0.717, 1.165) is 0 Å². The van der Waals surface area contributed by atoms with Crippen LogP contribution in [0.1, 0.15) is 26.5 Å². The van der Waals surface area contributed by atoms with E-state index in [1.807, 2.05) is 6.07 Å². The van der Waals surface area contributed by atoms with Gasteiger partial charge in [-0.3, -0.25) is 0 Å². The van der Waals surface area contributed by atoms with E-state index in [4.69, 9.17) is 13.9 Å². The Morgan fingerprint density at radius 3 is 2.46 bits per heavy atom. The number of hydrogen-bond acceptors (Lipinski definition) is 5. The molecule has 6 heteroatoms. The molecular weight excluding hydrogens is 376 g/mol. The number of ether oxygens (including phenoxy) is 2. The van der Waals surface area contributed by atoms with Crippen LogP contribution < -0.4 is 4.74 Å². The second-order valence-electron chi connectivity index (χ2n) is 5.06. The van der Waals surface area contributed by atoms with Crippen molar-refractivity contribution < 1.29 is 23.5 Å². The predicted molar refractivity (Wildman–Crippen MR) is 91.4 cm³/mol. The molecule has 0 atom stereocenters. The molecule has 3 aromatic rings. The highest BCUT2D eigenvalue weighted by Crippen LogP contribution is 2.35. The van der Waals surface area contributed by atoms with Crippen molar-refractivity contribution in [2.45, 2.75) is 6.92 Å². The van der Waals surface area contributed by atoms with Crippen LogP contribution in [0.4, 0.5) is 0 Å². The Hall–Kier alpha value is -2.60. The molecule has 1 aromatic heterocycles. The Balaban J connectivity index is 2.04. The SMILES string of the molecule is COC(=O)c1c(C)oc2cc(Br)c(OC(=O)c3ccccc3)cc12. The van der Waals surface area contributed by atoms with Crippen LogP contribution in [0, 0.1) is 6.92 Å². The quantitative estimate of drug-likeness (QED) is 0.487. The topological polar surface area (TPSA) is 65.7 Å². The first kappa shape index (κ1) is 16.3. The molecule has 0 bridgehead atoms. The smallest absolute Gasteiger partial charge is 0.343 e. The van der Waals surface area contributed by atoms with Gasteiger partial charge in [0.25, 0.3) is 0 Å². The lowest BCUT2D eigenvalue weighted by molar-refractivity contribution is 0.0600. The van der Waals surface area contributed by atoms with E-state index in [0.29, 0.717) is 38.1 Å². The van der Waals surface area contributed by atoms with Gasteiger partial charge in [-0.05, 0) is 47.1 Å². The average Bonchev–Trinajstić information content (AvgIpc) is 2.90. The molecule has 5 nitrogen and oxygen atoms in total. The van der Waals surface area contributed by atoms with Crippen molar-refractivity contribution in [1.82, 2.24) is 0 Å². The van der Waals surface area contributed by atoms with Gasteiger partial charge in [-0.2, -0.15) is 0 Å². The molecule has 0 aliphatic rings. The largest absolute Gasteiger partial charge is 0.465 e. The molecule has 0 radical (unpaired) electrons. The van der Waals surface area contributed by atoms with Gasteiger partial charge in [-0.15, -0.1) is 0 Å². The molecule has 2 aromatic carbocycles. The number of fused-ring (bicyclic) bond motifs is 1. The molecule has 0 fully saturated rings. The lowest BCUT2D eigenvalue weighted by Crippen LogP contribution is -2.08. The van der Waals surface area contributed by atoms with E-state index in [-0.39, 0.29) is 0 Å². The van der Waals surface area contributed by atoms with Crippen molar-refractivity contribution in [3.8, 4) is 5.75 Å². The van der Waals surface area contributed by atoms with Gasteiger partial charge in [-0.25, -0.2) is 9.59 Å². The Kier molecular flexibility index (Phi) is 4.40. The van der Waals surface area contributed by atoms with Crippen LogP contribution >= 0.6 is 15.9 Å². The number of hydrogen-bond donors (Lipinski definition) is 0. The molecule has 0 saturated carbocycles. The summed E-state index contributed by atoms with van der Waals surface area (Å²) in [4.78, 5) is 24.2. The molecule has 122 valence electrons. The highest BCUT2D eigenvalue weighted by molar-refractivity contribution is 9.10.